The van der Waals surface area contributed by atoms with Crippen LogP contribution in [0.3, 0.4) is 0 Å². The number of carbonyl (C=O) groups is 2. The van der Waals surface area contributed by atoms with Crippen molar-refractivity contribution in [1.29, 1.82) is 0 Å². The second kappa shape index (κ2) is 8.55. The summed E-state index contributed by atoms with van der Waals surface area (Å²) in [5, 5.41) is 1.74. The Morgan fingerprint density at radius 3 is 2.39 bits per heavy atom. The van der Waals surface area contributed by atoms with Gasteiger partial charge < -0.3 is 4.90 Å². The summed E-state index contributed by atoms with van der Waals surface area (Å²) in [5.74, 6) is -0.139. The van der Waals surface area contributed by atoms with E-state index in [1.807, 2.05) is 32.0 Å². The van der Waals surface area contributed by atoms with E-state index in [0.29, 0.717) is 22.9 Å². The fourth-order valence-electron chi connectivity index (χ4n) is 3.26. The number of thiophene rings is 1. The Kier molecular flexibility index (Phi) is 6.32. The third-order valence-electron chi connectivity index (χ3n) is 4.94. The summed E-state index contributed by atoms with van der Waals surface area (Å²) in [5.41, 5.74) is 2.60. The van der Waals surface area contributed by atoms with E-state index in [1.165, 1.54) is 15.6 Å². The molecule has 0 bridgehead atoms. The summed E-state index contributed by atoms with van der Waals surface area (Å²) in [6.45, 7) is 5.07. The van der Waals surface area contributed by atoms with Crippen molar-refractivity contribution in [3.05, 3.63) is 52.4 Å². The lowest BCUT2D eigenvalue weighted by atomic mass is 9.99. The highest BCUT2D eigenvalue weighted by Crippen LogP contribution is 2.22. The molecule has 0 saturated carbocycles. The molecule has 0 N–H and O–H groups in total. The summed E-state index contributed by atoms with van der Waals surface area (Å²) < 4.78 is 26.8. The number of piperazine rings is 1. The highest BCUT2D eigenvalue weighted by atomic mass is 32.2. The quantitative estimate of drug-likeness (QED) is 0.674. The number of rotatable bonds is 6. The fourth-order valence-corrected chi connectivity index (χ4v) is 5.83. The van der Waals surface area contributed by atoms with Crippen LogP contribution in [-0.4, -0.2) is 55.5 Å². The van der Waals surface area contributed by atoms with Crippen LogP contribution in [0.2, 0.25) is 0 Å². The summed E-state index contributed by atoms with van der Waals surface area (Å²) in [7, 11) is -3.48. The minimum atomic E-state index is -3.48. The zero-order chi connectivity index (χ0) is 20.3. The zero-order valence-electron chi connectivity index (χ0n) is 16.1. The van der Waals surface area contributed by atoms with Gasteiger partial charge in [-0.15, -0.1) is 11.3 Å². The number of benzene rings is 1. The molecule has 1 aliphatic rings. The van der Waals surface area contributed by atoms with Gasteiger partial charge in [-0.1, -0.05) is 23.8 Å². The smallest absolute Gasteiger partial charge is 0.252 e. The highest BCUT2D eigenvalue weighted by molar-refractivity contribution is 7.91. The number of ketones is 1. The van der Waals surface area contributed by atoms with Gasteiger partial charge in [0, 0.05) is 44.6 Å². The van der Waals surface area contributed by atoms with Crippen molar-refractivity contribution in [2.75, 3.05) is 26.2 Å². The Hall–Kier alpha value is -2.03. The van der Waals surface area contributed by atoms with Crippen LogP contribution < -0.4 is 0 Å². The van der Waals surface area contributed by atoms with Crippen LogP contribution >= 0.6 is 11.3 Å². The van der Waals surface area contributed by atoms with Crippen LogP contribution in [0.5, 0.6) is 0 Å². The molecule has 3 rings (SSSR count). The van der Waals surface area contributed by atoms with Crippen LogP contribution in [-0.2, 0) is 14.8 Å². The molecule has 8 heteroatoms. The van der Waals surface area contributed by atoms with Crippen molar-refractivity contribution in [2.24, 2.45) is 0 Å². The van der Waals surface area contributed by atoms with Gasteiger partial charge in [-0.25, -0.2) is 8.42 Å². The van der Waals surface area contributed by atoms with Gasteiger partial charge in [-0.05, 0) is 36.9 Å². The molecule has 0 spiro atoms. The lowest BCUT2D eigenvalue weighted by molar-refractivity contribution is -0.132. The summed E-state index contributed by atoms with van der Waals surface area (Å²) in [6.07, 6.45) is 0.306. The molecule has 2 heterocycles. The minimum absolute atomic E-state index is 0.0338. The van der Waals surface area contributed by atoms with Crippen molar-refractivity contribution < 1.29 is 18.0 Å². The van der Waals surface area contributed by atoms with Gasteiger partial charge in [0.15, 0.2) is 5.78 Å². The first-order valence-corrected chi connectivity index (χ1v) is 11.5. The van der Waals surface area contributed by atoms with E-state index in [9.17, 15) is 18.0 Å². The average molecular weight is 421 g/mol. The van der Waals surface area contributed by atoms with Gasteiger partial charge in [-0.3, -0.25) is 9.59 Å². The summed E-state index contributed by atoms with van der Waals surface area (Å²) >= 11 is 1.19. The SMILES string of the molecule is Cc1ccc(C)c(C(=O)CCC(=O)N2CCN(S(=O)(=O)c3cccs3)CC2)c1. The molecular formula is C20H24N2O4S2. The van der Waals surface area contributed by atoms with Crippen LogP contribution in [0.4, 0.5) is 0 Å². The molecule has 1 aliphatic heterocycles. The molecule has 150 valence electrons. The third kappa shape index (κ3) is 4.51. The largest absolute Gasteiger partial charge is 0.340 e. The second-order valence-electron chi connectivity index (χ2n) is 6.96. The predicted octanol–water partition coefficient (Wildman–Crippen LogP) is 2.86. The molecular weight excluding hydrogens is 396 g/mol. The lowest BCUT2D eigenvalue weighted by Crippen LogP contribution is -2.50. The molecule has 0 aliphatic carbocycles. The fraction of sp³-hybridized carbons (Fsp3) is 0.400. The van der Waals surface area contributed by atoms with E-state index in [0.717, 1.165) is 11.1 Å². The first-order chi connectivity index (χ1) is 13.3. The Labute approximate surface area is 169 Å². The highest BCUT2D eigenvalue weighted by Gasteiger charge is 2.30. The van der Waals surface area contributed by atoms with Crippen molar-refractivity contribution in [1.82, 2.24) is 9.21 Å². The van der Waals surface area contributed by atoms with E-state index < -0.39 is 10.0 Å². The number of hydrogen-bond donors (Lipinski definition) is 0. The van der Waals surface area contributed by atoms with E-state index >= 15 is 0 Å². The maximum Gasteiger partial charge on any atom is 0.252 e. The Morgan fingerprint density at radius 2 is 1.75 bits per heavy atom. The predicted molar refractivity (Wildman–Crippen MR) is 109 cm³/mol. The molecule has 1 saturated heterocycles. The standard InChI is InChI=1S/C20H24N2O4S2/c1-15-5-6-16(2)17(14-15)18(23)7-8-19(24)21-9-11-22(12-10-21)28(25,26)20-4-3-13-27-20/h3-6,13-14H,7-12H2,1-2H3. The first-order valence-electron chi connectivity index (χ1n) is 9.21. The van der Waals surface area contributed by atoms with Crippen LogP contribution in [0.1, 0.15) is 34.3 Å². The van der Waals surface area contributed by atoms with Crippen molar-refractivity contribution in [3.8, 4) is 0 Å². The number of carbonyl (C=O) groups excluding carboxylic acids is 2. The van der Waals surface area contributed by atoms with E-state index in [-0.39, 0.29) is 37.6 Å². The first kappa shape index (κ1) is 20.7. The second-order valence-corrected chi connectivity index (χ2v) is 10.1. The Morgan fingerprint density at radius 1 is 1.04 bits per heavy atom. The van der Waals surface area contributed by atoms with Crippen molar-refractivity contribution in [2.45, 2.75) is 30.9 Å². The number of sulfonamides is 1. The number of aryl methyl sites for hydroxylation is 2. The minimum Gasteiger partial charge on any atom is -0.340 e. The van der Waals surface area contributed by atoms with Crippen molar-refractivity contribution >= 4 is 33.1 Å². The zero-order valence-corrected chi connectivity index (χ0v) is 17.7. The van der Waals surface area contributed by atoms with E-state index in [1.54, 1.807) is 22.4 Å². The molecule has 0 radical (unpaired) electrons. The molecule has 1 amide bonds. The molecule has 28 heavy (non-hydrogen) atoms. The van der Waals surface area contributed by atoms with Gasteiger partial charge in [0.05, 0.1) is 0 Å². The number of hydrogen-bond acceptors (Lipinski definition) is 5. The van der Waals surface area contributed by atoms with Gasteiger partial charge in [0.2, 0.25) is 5.91 Å². The molecule has 1 aromatic heterocycles. The van der Waals surface area contributed by atoms with E-state index in [2.05, 4.69) is 0 Å². The Bertz CT molecular complexity index is 960. The number of amides is 1. The lowest BCUT2D eigenvalue weighted by Gasteiger charge is -2.33. The molecule has 0 unspecified atom stereocenters. The Balaban J connectivity index is 1.53. The molecule has 6 nitrogen and oxygen atoms in total. The summed E-state index contributed by atoms with van der Waals surface area (Å²) in [4.78, 5) is 26.6. The molecule has 1 fully saturated rings. The van der Waals surface area contributed by atoms with Crippen molar-refractivity contribution in [3.63, 3.8) is 0 Å². The average Bonchev–Trinajstić information content (AvgIpc) is 3.23. The molecule has 0 atom stereocenters. The third-order valence-corrected chi connectivity index (χ3v) is 8.21. The normalized spacial score (nSPS) is 15.6. The van der Waals surface area contributed by atoms with E-state index in [4.69, 9.17) is 0 Å². The monoisotopic (exact) mass is 420 g/mol. The van der Waals surface area contributed by atoms with Gasteiger partial charge in [0.1, 0.15) is 4.21 Å². The maximum absolute atomic E-state index is 12.5. The van der Waals surface area contributed by atoms with Crippen LogP contribution in [0, 0.1) is 13.8 Å². The number of nitrogens with zero attached hydrogens (tertiary/aromatic N) is 2. The molecule has 1 aromatic carbocycles. The number of Topliss-reactive ketones (excluding diaryl/α,β-unsaturated/α-hetero) is 1. The topological polar surface area (TPSA) is 74.8 Å². The van der Waals surface area contributed by atoms with Crippen LogP contribution in [0.25, 0.3) is 0 Å². The van der Waals surface area contributed by atoms with Gasteiger partial charge in [0.25, 0.3) is 10.0 Å². The summed E-state index contributed by atoms with van der Waals surface area (Å²) in [6, 6.07) is 9.04. The van der Waals surface area contributed by atoms with Gasteiger partial charge >= 0.3 is 0 Å². The molecule has 2 aromatic rings. The maximum atomic E-state index is 12.5. The van der Waals surface area contributed by atoms with Crippen LogP contribution in [0.15, 0.2) is 39.9 Å². The van der Waals surface area contributed by atoms with Gasteiger partial charge in [-0.2, -0.15) is 4.31 Å².